The quantitative estimate of drug-likeness (QED) is 0.657. The molecule has 0 aliphatic heterocycles. The Hall–Kier alpha value is -1.89. The standard InChI is InChI=1S/C17H24N2O4S/c1-17(8-3-2-5-13(17)16(22)23)19-14(20)6-4-9-18-15(21)12-7-10-24-11-12/h7,10-11,13H,2-6,8-9H2,1H3,(H,18,21)(H,19,20)(H,22,23). The molecule has 0 bridgehead atoms. The van der Waals surface area contributed by atoms with Crippen molar-refractivity contribution in [2.75, 3.05) is 6.54 Å². The highest BCUT2D eigenvalue weighted by molar-refractivity contribution is 7.08. The molecule has 132 valence electrons. The molecule has 6 nitrogen and oxygen atoms in total. The van der Waals surface area contributed by atoms with Crippen LogP contribution in [0, 0.1) is 5.92 Å². The van der Waals surface area contributed by atoms with Crippen molar-refractivity contribution in [3.63, 3.8) is 0 Å². The lowest BCUT2D eigenvalue weighted by Crippen LogP contribution is -2.55. The van der Waals surface area contributed by atoms with Gasteiger partial charge >= 0.3 is 5.97 Å². The summed E-state index contributed by atoms with van der Waals surface area (Å²) in [7, 11) is 0. The Kier molecular flexibility index (Phi) is 6.36. The van der Waals surface area contributed by atoms with Crippen LogP contribution in [0.5, 0.6) is 0 Å². The minimum atomic E-state index is -0.847. The largest absolute Gasteiger partial charge is 0.481 e. The summed E-state index contributed by atoms with van der Waals surface area (Å²) in [5, 5.41) is 18.7. The number of hydrogen-bond acceptors (Lipinski definition) is 4. The van der Waals surface area contributed by atoms with Crippen molar-refractivity contribution in [2.45, 2.75) is 51.0 Å². The van der Waals surface area contributed by atoms with E-state index in [0.29, 0.717) is 31.4 Å². The third kappa shape index (κ3) is 4.80. The summed E-state index contributed by atoms with van der Waals surface area (Å²) in [5.41, 5.74) is -0.0513. The zero-order valence-corrected chi connectivity index (χ0v) is 14.7. The molecule has 0 radical (unpaired) electrons. The summed E-state index contributed by atoms with van der Waals surface area (Å²) < 4.78 is 0. The van der Waals surface area contributed by atoms with Crippen LogP contribution in [0.25, 0.3) is 0 Å². The van der Waals surface area contributed by atoms with Crippen molar-refractivity contribution < 1.29 is 19.5 Å². The van der Waals surface area contributed by atoms with Gasteiger partial charge in [0, 0.05) is 23.9 Å². The second-order valence-electron chi connectivity index (χ2n) is 6.47. The Labute approximate surface area is 145 Å². The predicted octanol–water partition coefficient (Wildman–Crippen LogP) is 2.41. The van der Waals surface area contributed by atoms with Gasteiger partial charge < -0.3 is 15.7 Å². The van der Waals surface area contributed by atoms with Crippen molar-refractivity contribution in [3.05, 3.63) is 22.4 Å². The summed E-state index contributed by atoms with van der Waals surface area (Å²) in [6, 6.07) is 1.75. The second kappa shape index (κ2) is 8.28. The van der Waals surface area contributed by atoms with E-state index in [1.807, 2.05) is 12.3 Å². The zero-order valence-electron chi connectivity index (χ0n) is 13.8. The van der Waals surface area contributed by atoms with E-state index in [9.17, 15) is 19.5 Å². The maximum absolute atomic E-state index is 12.1. The van der Waals surface area contributed by atoms with E-state index < -0.39 is 17.4 Å². The van der Waals surface area contributed by atoms with Gasteiger partial charge in [0.25, 0.3) is 5.91 Å². The van der Waals surface area contributed by atoms with Crippen molar-refractivity contribution in [1.29, 1.82) is 0 Å². The molecule has 2 unspecified atom stereocenters. The zero-order chi connectivity index (χ0) is 17.6. The molecule has 0 spiro atoms. The molecule has 1 aromatic rings. The number of thiophene rings is 1. The summed E-state index contributed by atoms with van der Waals surface area (Å²) >= 11 is 1.46. The lowest BCUT2D eigenvalue weighted by atomic mass is 9.74. The van der Waals surface area contributed by atoms with Crippen molar-refractivity contribution in [1.82, 2.24) is 10.6 Å². The van der Waals surface area contributed by atoms with Gasteiger partial charge in [-0.05, 0) is 37.6 Å². The lowest BCUT2D eigenvalue weighted by molar-refractivity contribution is -0.146. The van der Waals surface area contributed by atoms with E-state index in [2.05, 4.69) is 10.6 Å². The molecular formula is C17H24N2O4S. The van der Waals surface area contributed by atoms with Gasteiger partial charge in [-0.25, -0.2) is 0 Å². The highest BCUT2D eigenvalue weighted by Crippen LogP contribution is 2.33. The molecule has 2 amide bonds. The number of hydrogen-bond donors (Lipinski definition) is 3. The first-order valence-corrected chi connectivity index (χ1v) is 9.21. The third-order valence-corrected chi connectivity index (χ3v) is 5.26. The molecule has 1 heterocycles. The number of carbonyl (C=O) groups is 3. The lowest BCUT2D eigenvalue weighted by Gasteiger charge is -2.39. The molecule has 1 aliphatic carbocycles. The molecule has 1 aromatic heterocycles. The van der Waals surface area contributed by atoms with E-state index in [1.165, 1.54) is 11.3 Å². The third-order valence-electron chi connectivity index (χ3n) is 4.58. The van der Waals surface area contributed by atoms with Gasteiger partial charge in [0.1, 0.15) is 0 Å². The van der Waals surface area contributed by atoms with E-state index in [0.717, 1.165) is 12.8 Å². The Morgan fingerprint density at radius 3 is 2.83 bits per heavy atom. The molecule has 3 N–H and O–H groups in total. The number of amides is 2. The Morgan fingerprint density at radius 1 is 1.38 bits per heavy atom. The van der Waals surface area contributed by atoms with E-state index >= 15 is 0 Å². The van der Waals surface area contributed by atoms with Crippen molar-refractivity contribution >= 4 is 29.1 Å². The topological polar surface area (TPSA) is 95.5 Å². The Bertz CT molecular complexity index is 587. The molecule has 1 fully saturated rings. The maximum atomic E-state index is 12.1. The second-order valence-corrected chi connectivity index (χ2v) is 7.25. The molecule has 24 heavy (non-hydrogen) atoms. The van der Waals surface area contributed by atoms with Gasteiger partial charge in [0.05, 0.1) is 11.5 Å². The van der Waals surface area contributed by atoms with Crippen molar-refractivity contribution in [2.24, 2.45) is 5.92 Å². The smallest absolute Gasteiger partial charge is 0.308 e. The fourth-order valence-electron chi connectivity index (χ4n) is 3.21. The van der Waals surface area contributed by atoms with Gasteiger partial charge in [-0.15, -0.1) is 0 Å². The molecule has 0 aromatic carbocycles. The number of carboxylic acids is 1. The van der Waals surface area contributed by atoms with Crippen LogP contribution in [-0.2, 0) is 9.59 Å². The minimum Gasteiger partial charge on any atom is -0.481 e. The molecule has 1 saturated carbocycles. The van der Waals surface area contributed by atoms with Crippen LogP contribution in [0.2, 0.25) is 0 Å². The molecular weight excluding hydrogens is 328 g/mol. The first-order valence-electron chi connectivity index (χ1n) is 8.26. The van der Waals surface area contributed by atoms with Gasteiger partial charge in [0.2, 0.25) is 5.91 Å². The van der Waals surface area contributed by atoms with Crippen LogP contribution in [0.4, 0.5) is 0 Å². The maximum Gasteiger partial charge on any atom is 0.308 e. The van der Waals surface area contributed by atoms with Gasteiger partial charge in [-0.3, -0.25) is 14.4 Å². The van der Waals surface area contributed by atoms with E-state index in [1.54, 1.807) is 11.4 Å². The normalized spacial score (nSPS) is 23.5. The Balaban J connectivity index is 1.74. The fraction of sp³-hybridized carbons (Fsp3) is 0.588. The fourth-order valence-corrected chi connectivity index (χ4v) is 3.84. The molecule has 7 heteroatoms. The highest BCUT2D eigenvalue weighted by Gasteiger charge is 2.41. The predicted molar refractivity (Wildman–Crippen MR) is 92.0 cm³/mol. The van der Waals surface area contributed by atoms with Crippen LogP contribution in [0.1, 0.15) is 55.8 Å². The van der Waals surface area contributed by atoms with E-state index in [-0.39, 0.29) is 18.2 Å². The average molecular weight is 352 g/mol. The van der Waals surface area contributed by atoms with Crippen molar-refractivity contribution in [3.8, 4) is 0 Å². The number of rotatable bonds is 7. The first kappa shape index (κ1) is 18.4. The molecule has 2 atom stereocenters. The van der Waals surface area contributed by atoms with Gasteiger partial charge in [0.15, 0.2) is 0 Å². The molecule has 0 saturated heterocycles. The summed E-state index contributed by atoms with van der Waals surface area (Å²) in [6.07, 6.45) is 3.89. The summed E-state index contributed by atoms with van der Waals surface area (Å²) in [4.78, 5) is 35.3. The van der Waals surface area contributed by atoms with Gasteiger partial charge in [-0.1, -0.05) is 12.8 Å². The van der Waals surface area contributed by atoms with Crippen LogP contribution < -0.4 is 10.6 Å². The van der Waals surface area contributed by atoms with Crippen LogP contribution in [0.3, 0.4) is 0 Å². The molecule has 2 rings (SSSR count). The minimum absolute atomic E-state index is 0.137. The summed E-state index contributed by atoms with van der Waals surface area (Å²) in [5.74, 6) is -1.67. The number of carbonyl (C=O) groups excluding carboxylic acids is 2. The molecule has 1 aliphatic rings. The van der Waals surface area contributed by atoms with E-state index in [4.69, 9.17) is 0 Å². The first-order chi connectivity index (χ1) is 11.4. The Morgan fingerprint density at radius 2 is 2.17 bits per heavy atom. The SMILES string of the molecule is CC1(NC(=O)CCCNC(=O)c2ccsc2)CCCCC1C(=O)O. The van der Waals surface area contributed by atoms with Crippen LogP contribution in [-0.4, -0.2) is 35.0 Å². The van der Waals surface area contributed by atoms with Crippen LogP contribution >= 0.6 is 11.3 Å². The highest BCUT2D eigenvalue weighted by atomic mass is 32.1. The number of nitrogens with one attached hydrogen (secondary N) is 2. The van der Waals surface area contributed by atoms with Gasteiger partial charge in [-0.2, -0.15) is 11.3 Å². The number of aliphatic carboxylic acids is 1. The van der Waals surface area contributed by atoms with Crippen LogP contribution in [0.15, 0.2) is 16.8 Å². The number of carboxylic acid groups (broad SMARTS) is 1. The average Bonchev–Trinajstić information content (AvgIpc) is 3.05. The summed E-state index contributed by atoms with van der Waals surface area (Å²) in [6.45, 7) is 2.24. The monoisotopic (exact) mass is 352 g/mol.